The Morgan fingerprint density at radius 3 is 3.00 bits per heavy atom. The van der Waals surface area contributed by atoms with Gasteiger partial charge >= 0.3 is 0 Å². The topological polar surface area (TPSA) is 82.8 Å². The Hall–Kier alpha value is -1.50. The molecule has 1 aliphatic heterocycles. The third-order valence-corrected chi connectivity index (χ3v) is 2.96. The van der Waals surface area contributed by atoms with E-state index in [-0.39, 0.29) is 37.6 Å². The quantitative estimate of drug-likeness (QED) is 0.813. The van der Waals surface area contributed by atoms with Crippen LogP contribution < -0.4 is 20.5 Å². The second-order valence-corrected chi connectivity index (χ2v) is 4.23. The summed E-state index contributed by atoms with van der Waals surface area (Å²) in [7, 11) is 1.54. The van der Waals surface area contributed by atoms with E-state index in [1.54, 1.807) is 7.11 Å². The zero-order valence-electron chi connectivity index (χ0n) is 11.3. The van der Waals surface area contributed by atoms with Crippen molar-refractivity contribution in [1.82, 2.24) is 5.32 Å². The molecule has 1 atom stereocenters. The molecule has 0 saturated heterocycles. The van der Waals surface area contributed by atoms with E-state index in [0.29, 0.717) is 24.6 Å². The van der Waals surface area contributed by atoms with Crippen LogP contribution in [-0.2, 0) is 16.1 Å². The van der Waals surface area contributed by atoms with Crippen LogP contribution in [0.25, 0.3) is 0 Å². The van der Waals surface area contributed by atoms with Gasteiger partial charge in [-0.3, -0.25) is 4.79 Å². The van der Waals surface area contributed by atoms with Crippen molar-refractivity contribution in [2.24, 2.45) is 5.73 Å². The molecular formula is C13H19ClN2O4. The van der Waals surface area contributed by atoms with Crippen molar-refractivity contribution in [1.29, 1.82) is 0 Å². The Bertz CT molecular complexity index is 452. The van der Waals surface area contributed by atoms with Crippen LogP contribution in [0.4, 0.5) is 0 Å². The van der Waals surface area contributed by atoms with Gasteiger partial charge in [-0.1, -0.05) is 12.1 Å². The number of benzene rings is 1. The molecule has 0 aromatic heterocycles. The van der Waals surface area contributed by atoms with Gasteiger partial charge in [-0.25, -0.2) is 0 Å². The maximum atomic E-state index is 11.7. The van der Waals surface area contributed by atoms with E-state index in [1.165, 1.54) is 0 Å². The molecule has 0 fully saturated rings. The van der Waals surface area contributed by atoms with Crippen molar-refractivity contribution in [3.8, 4) is 11.5 Å². The van der Waals surface area contributed by atoms with E-state index >= 15 is 0 Å². The summed E-state index contributed by atoms with van der Waals surface area (Å²) in [6, 6.07) is 5.60. The fourth-order valence-corrected chi connectivity index (χ4v) is 1.87. The average molecular weight is 303 g/mol. The van der Waals surface area contributed by atoms with Gasteiger partial charge < -0.3 is 25.3 Å². The van der Waals surface area contributed by atoms with Gasteiger partial charge in [-0.2, -0.15) is 0 Å². The lowest BCUT2D eigenvalue weighted by Crippen LogP contribution is -2.31. The lowest BCUT2D eigenvalue weighted by Gasteiger charge is -2.13. The van der Waals surface area contributed by atoms with Crippen LogP contribution in [0.2, 0.25) is 0 Å². The molecule has 0 bridgehead atoms. The Balaban J connectivity index is 0.00000200. The van der Waals surface area contributed by atoms with Crippen LogP contribution in [0.5, 0.6) is 11.5 Å². The van der Waals surface area contributed by atoms with Gasteiger partial charge in [0.15, 0.2) is 11.5 Å². The first-order chi connectivity index (χ1) is 9.24. The molecule has 1 heterocycles. The monoisotopic (exact) mass is 302 g/mol. The Labute approximate surface area is 124 Å². The molecule has 20 heavy (non-hydrogen) atoms. The van der Waals surface area contributed by atoms with Crippen molar-refractivity contribution in [3.63, 3.8) is 0 Å². The Kier molecular flexibility index (Phi) is 6.57. The second-order valence-electron chi connectivity index (χ2n) is 4.23. The number of para-hydroxylation sites is 1. The molecule has 0 aliphatic carbocycles. The Morgan fingerprint density at radius 2 is 2.30 bits per heavy atom. The zero-order chi connectivity index (χ0) is 13.7. The maximum Gasteiger partial charge on any atom is 0.231 e. The summed E-state index contributed by atoms with van der Waals surface area (Å²) >= 11 is 0. The van der Waals surface area contributed by atoms with Gasteiger partial charge in [0, 0.05) is 25.8 Å². The standard InChI is InChI=1S/C13H18N2O4.ClH/c1-17-10(6-14)5-12(16)15-7-9-3-2-4-11-13(9)19-8-18-11;/h2-4,10H,5-8,14H2,1H3,(H,15,16);1H. The number of rotatable bonds is 6. The van der Waals surface area contributed by atoms with Crippen molar-refractivity contribution >= 4 is 18.3 Å². The largest absolute Gasteiger partial charge is 0.454 e. The molecule has 112 valence electrons. The van der Waals surface area contributed by atoms with Gasteiger partial charge in [0.05, 0.1) is 12.5 Å². The summed E-state index contributed by atoms with van der Waals surface area (Å²) in [5.41, 5.74) is 6.36. The highest BCUT2D eigenvalue weighted by atomic mass is 35.5. The molecule has 1 amide bonds. The molecule has 1 aromatic rings. The highest BCUT2D eigenvalue weighted by Crippen LogP contribution is 2.35. The lowest BCUT2D eigenvalue weighted by molar-refractivity contribution is -0.123. The first kappa shape index (κ1) is 16.6. The number of carbonyl (C=O) groups is 1. The number of ether oxygens (including phenoxy) is 3. The molecule has 0 spiro atoms. The third kappa shape index (κ3) is 4.00. The summed E-state index contributed by atoms with van der Waals surface area (Å²) in [6.45, 7) is 0.938. The van der Waals surface area contributed by atoms with Crippen molar-refractivity contribution in [2.45, 2.75) is 19.1 Å². The summed E-state index contributed by atoms with van der Waals surface area (Å²) in [5.74, 6) is 1.31. The van der Waals surface area contributed by atoms with Gasteiger partial charge in [0.2, 0.25) is 12.7 Å². The zero-order valence-corrected chi connectivity index (χ0v) is 12.1. The molecule has 3 N–H and O–H groups in total. The summed E-state index contributed by atoms with van der Waals surface area (Å²) in [5, 5.41) is 2.82. The van der Waals surface area contributed by atoms with Gasteiger partial charge in [-0.15, -0.1) is 12.4 Å². The average Bonchev–Trinajstić information content (AvgIpc) is 2.91. The molecule has 2 rings (SSSR count). The SMILES string of the molecule is COC(CN)CC(=O)NCc1cccc2c1OCO2.Cl. The maximum absolute atomic E-state index is 11.7. The molecule has 0 radical (unpaired) electrons. The number of hydrogen-bond acceptors (Lipinski definition) is 5. The van der Waals surface area contributed by atoms with E-state index < -0.39 is 0 Å². The van der Waals surface area contributed by atoms with Crippen LogP contribution in [-0.4, -0.2) is 32.5 Å². The minimum Gasteiger partial charge on any atom is -0.454 e. The molecule has 0 saturated carbocycles. The fraction of sp³-hybridized carbons (Fsp3) is 0.462. The van der Waals surface area contributed by atoms with E-state index in [4.69, 9.17) is 19.9 Å². The van der Waals surface area contributed by atoms with Crippen molar-refractivity contribution in [2.75, 3.05) is 20.4 Å². The summed E-state index contributed by atoms with van der Waals surface area (Å²) in [4.78, 5) is 11.7. The number of amides is 1. The van der Waals surface area contributed by atoms with Gasteiger partial charge in [0.25, 0.3) is 0 Å². The number of hydrogen-bond donors (Lipinski definition) is 2. The summed E-state index contributed by atoms with van der Waals surface area (Å²) < 4.78 is 15.7. The van der Waals surface area contributed by atoms with E-state index in [2.05, 4.69) is 5.32 Å². The van der Waals surface area contributed by atoms with Gasteiger partial charge in [0.1, 0.15) is 0 Å². The number of halogens is 1. The highest BCUT2D eigenvalue weighted by molar-refractivity contribution is 5.85. The van der Waals surface area contributed by atoms with Crippen LogP contribution in [0.1, 0.15) is 12.0 Å². The number of fused-ring (bicyclic) bond motifs is 1. The number of nitrogens with two attached hydrogens (primary N) is 1. The van der Waals surface area contributed by atoms with Crippen LogP contribution in [0, 0.1) is 0 Å². The molecule has 1 aliphatic rings. The van der Waals surface area contributed by atoms with E-state index in [0.717, 1.165) is 5.56 Å². The van der Waals surface area contributed by atoms with Crippen LogP contribution in [0.3, 0.4) is 0 Å². The predicted molar refractivity (Wildman–Crippen MR) is 76.1 cm³/mol. The lowest BCUT2D eigenvalue weighted by atomic mass is 10.1. The number of methoxy groups -OCH3 is 1. The third-order valence-electron chi connectivity index (χ3n) is 2.96. The molecule has 1 aromatic carbocycles. The predicted octanol–water partition coefficient (Wildman–Crippen LogP) is 0.817. The van der Waals surface area contributed by atoms with Crippen molar-refractivity contribution in [3.05, 3.63) is 23.8 Å². The smallest absolute Gasteiger partial charge is 0.231 e. The second kappa shape index (κ2) is 7.94. The first-order valence-corrected chi connectivity index (χ1v) is 6.11. The fourth-order valence-electron chi connectivity index (χ4n) is 1.87. The van der Waals surface area contributed by atoms with Crippen molar-refractivity contribution < 1.29 is 19.0 Å². The number of carbonyl (C=O) groups excluding carboxylic acids is 1. The Morgan fingerprint density at radius 1 is 1.50 bits per heavy atom. The minimum absolute atomic E-state index is 0. The molecule has 6 nitrogen and oxygen atoms in total. The normalized spacial score (nSPS) is 13.5. The van der Waals surface area contributed by atoms with Crippen LogP contribution >= 0.6 is 12.4 Å². The highest BCUT2D eigenvalue weighted by Gasteiger charge is 2.18. The van der Waals surface area contributed by atoms with Crippen LogP contribution in [0.15, 0.2) is 18.2 Å². The molecule has 1 unspecified atom stereocenters. The number of nitrogens with one attached hydrogen (secondary N) is 1. The molecular weight excluding hydrogens is 284 g/mol. The van der Waals surface area contributed by atoms with E-state index in [1.807, 2.05) is 18.2 Å². The molecule has 7 heteroatoms. The van der Waals surface area contributed by atoms with E-state index in [9.17, 15) is 4.79 Å². The minimum atomic E-state index is -0.249. The summed E-state index contributed by atoms with van der Waals surface area (Å²) in [6.07, 6.45) is 0.000378. The van der Waals surface area contributed by atoms with Gasteiger partial charge in [-0.05, 0) is 6.07 Å². The first-order valence-electron chi connectivity index (χ1n) is 6.11.